The Morgan fingerprint density at radius 2 is 1.65 bits per heavy atom. The molecule has 6 nitrogen and oxygen atoms in total. The Morgan fingerprint density at radius 1 is 0.935 bits per heavy atom. The average molecular weight is 425 g/mol. The molecule has 0 amide bonds. The van der Waals surface area contributed by atoms with Gasteiger partial charge in [-0.05, 0) is 81.4 Å². The van der Waals surface area contributed by atoms with Crippen LogP contribution in [0, 0.1) is 17.7 Å². The summed E-state index contributed by atoms with van der Waals surface area (Å²) in [4.78, 5) is 26.6. The second kappa shape index (κ2) is 8.91. The third-order valence-electron chi connectivity index (χ3n) is 7.05. The van der Waals surface area contributed by atoms with Crippen molar-refractivity contribution in [3.8, 4) is 11.3 Å². The lowest BCUT2D eigenvalue weighted by Gasteiger charge is -2.33. The lowest BCUT2D eigenvalue weighted by molar-refractivity contribution is -0.157. The van der Waals surface area contributed by atoms with E-state index in [1.165, 1.54) is 12.1 Å². The number of anilines is 1. The van der Waals surface area contributed by atoms with Crippen molar-refractivity contribution in [2.45, 2.75) is 38.2 Å². The third kappa shape index (κ3) is 4.56. The van der Waals surface area contributed by atoms with Crippen molar-refractivity contribution < 1.29 is 13.9 Å². The Bertz CT molecular complexity index is 906. The summed E-state index contributed by atoms with van der Waals surface area (Å²) in [5, 5.41) is 0. The number of esters is 1. The van der Waals surface area contributed by atoms with Gasteiger partial charge in [-0.1, -0.05) is 0 Å². The van der Waals surface area contributed by atoms with Crippen molar-refractivity contribution in [1.82, 2.24) is 14.9 Å². The highest BCUT2D eigenvalue weighted by atomic mass is 19.1. The molecule has 1 aromatic heterocycles. The fourth-order valence-corrected chi connectivity index (χ4v) is 5.09. The fraction of sp³-hybridized carbons (Fsp3) is 0.542. The number of piperidine rings is 2. The van der Waals surface area contributed by atoms with E-state index in [9.17, 15) is 9.18 Å². The summed E-state index contributed by atoms with van der Waals surface area (Å²) >= 11 is 0. The van der Waals surface area contributed by atoms with E-state index in [4.69, 9.17) is 4.74 Å². The topological polar surface area (TPSA) is 58.6 Å². The minimum atomic E-state index is -0.263. The van der Waals surface area contributed by atoms with Gasteiger partial charge in [-0.15, -0.1) is 0 Å². The first-order valence-corrected chi connectivity index (χ1v) is 11.4. The summed E-state index contributed by atoms with van der Waals surface area (Å²) in [6, 6.07) is 8.15. The summed E-state index contributed by atoms with van der Waals surface area (Å²) in [5.74, 6) is 0.859. The Kier molecular flexibility index (Phi) is 5.85. The van der Waals surface area contributed by atoms with Crippen LogP contribution in [0.4, 0.5) is 10.3 Å². The maximum absolute atomic E-state index is 13.2. The number of halogens is 1. The van der Waals surface area contributed by atoms with Gasteiger partial charge in [0.1, 0.15) is 11.9 Å². The number of nitrogens with zero attached hydrogens (tertiary/aromatic N) is 4. The van der Waals surface area contributed by atoms with Gasteiger partial charge in [-0.2, -0.15) is 0 Å². The van der Waals surface area contributed by atoms with Gasteiger partial charge in [0.15, 0.2) is 0 Å². The second-order valence-electron chi connectivity index (χ2n) is 8.95. The molecule has 164 valence electrons. The molecule has 0 saturated carbocycles. The van der Waals surface area contributed by atoms with Crippen molar-refractivity contribution in [2.24, 2.45) is 11.8 Å². The molecule has 0 N–H and O–H groups in total. The molecule has 5 heterocycles. The van der Waals surface area contributed by atoms with Crippen molar-refractivity contribution >= 4 is 11.9 Å². The lowest BCUT2D eigenvalue weighted by Crippen LogP contribution is -2.39. The first-order chi connectivity index (χ1) is 15.2. The molecule has 4 fully saturated rings. The Balaban J connectivity index is 1.18. The smallest absolute Gasteiger partial charge is 0.309 e. The molecular formula is C24H29FN4O2. The number of hydrogen-bond acceptors (Lipinski definition) is 6. The van der Waals surface area contributed by atoms with Gasteiger partial charge in [-0.3, -0.25) is 4.79 Å². The Morgan fingerprint density at radius 3 is 2.39 bits per heavy atom. The number of carbonyl (C=O) groups is 1. The molecule has 31 heavy (non-hydrogen) atoms. The summed E-state index contributed by atoms with van der Waals surface area (Å²) in [5.41, 5.74) is 1.63. The van der Waals surface area contributed by atoms with Gasteiger partial charge >= 0.3 is 5.97 Å². The van der Waals surface area contributed by atoms with Crippen LogP contribution in [-0.4, -0.2) is 59.7 Å². The van der Waals surface area contributed by atoms with Crippen molar-refractivity contribution in [3.63, 3.8) is 0 Å². The van der Waals surface area contributed by atoms with Crippen LogP contribution in [0.2, 0.25) is 0 Å². The SMILES string of the molecule is O=C(OC1CCN2CCC1CC2)C1CCN(c2nccc(-c3ccc(F)cc3)n2)CC1. The monoisotopic (exact) mass is 424 g/mol. The zero-order valence-electron chi connectivity index (χ0n) is 17.8. The lowest BCUT2D eigenvalue weighted by atomic mass is 9.92. The molecule has 1 aromatic carbocycles. The molecule has 4 aliphatic heterocycles. The molecule has 7 heteroatoms. The summed E-state index contributed by atoms with van der Waals surface area (Å²) in [6.07, 6.45) is 6.61. The van der Waals surface area contributed by atoms with E-state index >= 15 is 0 Å². The molecule has 0 aliphatic carbocycles. The summed E-state index contributed by atoms with van der Waals surface area (Å²) < 4.78 is 19.2. The number of ether oxygens (including phenoxy) is 1. The minimum Gasteiger partial charge on any atom is -0.462 e. The molecule has 4 aliphatic rings. The zero-order valence-corrected chi connectivity index (χ0v) is 17.8. The van der Waals surface area contributed by atoms with Gasteiger partial charge in [0, 0.05) is 31.4 Å². The van der Waals surface area contributed by atoms with Crippen LogP contribution in [0.15, 0.2) is 36.5 Å². The van der Waals surface area contributed by atoms with Crippen LogP contribution in [-0.2, 0) is 9.53 Å². The number of aromatic nitrogens is 2. The standard InChI is InChI=1S/C24H29FN4O2/c25-20-3-1-17(2-4-20)21-5-11-26-24(27-21)29-15-8-19(9-16-29)23(30)31-22-10-14-28-12-6-18(22)7-13-28/h1-5,11,18-19,22H,6-10,12-16H2. The highest BCUT2D eigenvalue weighted by Gasteiger charge is 2.35. The van der Waals surface area contributed by atoms with Gasteiger partial charge < -0.3 is 14.5 Å². The Labute approximate surface area is 182 Å². The maximum atomic E-state index is 13.2. The van der Waals surface area contributed by atoms with Crippen LogP contribution < -0.4 is 4.90 Å². The van der Waals surface area contributed by atoms with Gasteiger partial charge in [-0.25, -0.2) is 14.4 Å². The molecule has 2 bridgehead atoms. The van der Waals surface area contributed by atoms with Crippen LogP contribution in [0.1, 0.15) is 32.1 Å². The zero-order chi connectivity index (χ0) is 21.2. The predicted molar refractivity (Wildman–Crippen MR) is 116 cm³/mol. The summed E-state index contributed by atoms with van der Waals surface area (Å²) in [7, 11) is 0. The average Bonchev–Trinajstić information content (AvgIpc) is 3.13. The van der Waals surface area contributed by atoms with Crippen molar-refractivity contribution in [3.05, 3.63) is 42.3 Å². The highest BCUT2D eigenvalue weighted by molar-refractivity contribution is 5.73. The molecular weight excluding hydrogens is 395 g/mol. The van der Waals surface area contributed by atoms with Crippen molar-refractivity contribution in [1.29, 1.82) is 0 Å². The van der Waals surface area contributed by atoms with Crippen LogP contribution in [0.25, 0.3) is 11.3 Å². The van der Waals surface area contributed by atoms with Crippen LogP contribution >= 0.6 is 0 Å². The maximum Gasteiger partial charge on any atom is 0.309 e. The van der Waals surface area contributed by atoms with E-state index in [1.807, 2.05) is 6.07 Å². The van der Waals surface area contributed by atoms with E-state index in [-0.39, 0.29) is 23.8 Å². The first-order valence-electron chi connectivity index (χ1n) is 11.4. The largest absolute Gasteiger partial charge is 0.462 e. The molecule has 0 radical (unpaired) electrons. The van der Waals surface area contributed by atoms with E-state index < -0.39 is 0 Å². The van der Waals surface area contributed by atoms with E-state index in [0.29, 0.717) is 11.9 Å². The van der Waals surface area contributed by atoms with Crippen LogP contribution in [0.5, 0.6) is 0 Å². The quantitative estimate of drug-likeness (QED) is 0.700. The molecule has 1 atom stereocenters. The van der Waals surface area contributed by atoms with E-state index in [0.717, 1.165) is 76.1 Å². The first kappa shape index (κ1) is 20.4. The molecule has 2 aromatic rings. The minimum absolute atomic E-state index is 0.0222. The fourth-order valence-electron chi connectivity index (χ4n) is 5.09. The van der Waals surface area contributed by atoms with Crippen LogP contribution in [0.3, 0.4) is 0 Å². The highest BCUT2D eigenvalue weighted by Crippen LogP contribution is 2.31. The number of fused-ring (bicyclic) bond motifs is 4. The molecule has 0 spiro atoms. The Hall–Kier alpha value is -2.54. The third-order valence-corrected chi connectivity index (χ3v) is 7.05. The second-order valence-corrected chi connectivity index (χ2v) is 8.95. The van der Waals surface area contributed by atoms with Gasteiger partial charge in [0.2, 0.25) is 5.95 Å². The number of rotatable bonds is 4. The number of hydrogen-bond donors (Lipinski definition) is 0. The molecule has 4 saturated heterocycles. The van der Waals surface area contributed by atoms with Crippen molar-refractivity contribution in [2.75, 3.05) is 37.6 Å². The van der Waals surface area contributed by atoms with E-state index in [2.05, 4.69) is 19.8 Å². The molecule has 1 unspecified atom stereocenters. The predicted octanol–water partition coefficient (Wildman–Crippen LogP) is 3.53. The summed E-state index contributed by atoms with van der Waals surface area (Å²) in [6.45, 7) is 4.81. The number of benzene rings is 1. The van der Waals surface area contributed by atoms with E-state index in [1.54, 1.807) is 18.3 Å². The molecule has 6 rings (SSSR count). The van der Waals surface area contributed by atoms with Gasteiger partial charge in [0.05, 0.1) is 11.6 Å². The number of carbonyl (C=O) groups excluding carboxylic acids is 1. The van der Waals surface area contributed by atoms with Gasteiger partial charge in [0.25, 0.3) is 0 Å². The normalized spacial score (nSPS) is 26.5.